The van der Waals surface area contributed by atoms with Gasteiger partial charge in [-0.3, -0.25) is 9.78 Å². The standard InChI is InChI=1S/C24H28FN7O3/c1-13-7-18(32-20(13)21(26)28-12-29-32)14-8-15-17(27-9-14)5-6-31(22(15)33)19-11-30(10-16(19)25)23(34)35-24(2,3)4/h7-9,12,16,19H,5-6,10-11H2,1-4H3,(H2,26,28,29). The number of anilines is 1. The number of hydrogen-bond donors (Lipinski definition) is 1. The first-order chi connectivity index (χ1) is 16.5. The number of amides is 2. The third-order valence-corrected chi connectivity index (χ3v) is 6.39. The Bertz CT molecular complexity index is 1330. The first-order valence-electron chi connectivity index (χ1n) is 11.5. The Kier molecular flexibility index (Phi) is 5.37. The average molecular weight is 482 g/mol. The van der Waals surface area contributed by atoms with Crippen molar-refractivity contribution < 1.29 is 18.7 Å². The molecule has 3 aromatic heterocycles. The number of alkyl halides is 1. The van der Waals surface area contributed by atoms with E-state index in [1.165, 1.54) is 16.1 Å². The lowest BCUT2D eigenvalue weighted by Gasteiger charge is -2.34. The van der Waals surface area contributed by atoms with E-state index < -0.39 is 23.9 Å². The predicted molar refractivity (Wildman–Crippen MR) is 127 cm³/mol. The van der Waals surface area contributed by atoms with Crippen molar-refractivity contribution in [1.82, 2.24) is 29.4 Å². The number of halogens is 1. The number of hydrogen-bond acceptors (Lipinski definition) is 7. The van der Waals surface area contributed by atoms with Crippen LogP contribution in [0.3, 0.4) is 0 Å². The number of carbonyl (C=O) groups is 2. The largest absolute Gasteiger partial charge is 0.444 e. The Morgan fingerprint density at radius 2 is 2.00 bits per heavy atom. The summed E-state index contributed by atoms with van der Waals surface area (Å²) in [5.41, 5.74) is 9.45. The van der Waals surface area contributed by atoms with Gasteiger partial charge in [0.05, 0.1) is 29.5 Å². The van der Waals surface area contributed by atoms with Crippen molar-refractivity contribution in [3.05, 3.63) is 41.5 Å². The number of nitrogens with two attached hydrogens (primary N) is 1. The highest BCUT2D eigenvalue weighted by Gasteiger charge is 2.43. The van der Waals surface area contributed by atoms with Gasteiger partial charge in [-0.25, -0.2) is 18.7 Å². The average Bonchev–Trinajstić information content (AvgIpc) is 3.34. The number of rotatable bonds is 2. The summed E-state index contributed by atoms with van der Waals surface area (Å²) in [6, 6.07) is 2.95. The van der Waals surface area contributed by atoms with Crippen molar-refractivity contribution in [2.45, 2.75) is 51.9 Å². The Morgan fingerprint density at radius 3 is 2.74 bits per heavy atom. The lowest BCUT2D eigenvalue weighted by atomic mass is 9.99. The zero-order valence-electron chi connectivity index (χ0n) is 20.2. The van der Waals surface area contributed by atoms with E-state index in [4.69, 9.17) is 10.5 Å². The van der Waals surface area contributed by atoms with E-state index in [-0.39, 0.29) is 19.0 Å². The van der Waals surface area contributed by atoms with Gasteiger partial charge in [0, 0.05) is 31.3 Å². The van der Waals surface area contributed by atoms with Crippen LogP contribution in [0.5, 0.6) is 0 Å². The van der Waals surface area contributed by atoms with Gasteiger partial charge in [-0.1, -0.05) is 0 Å². The molecule has 2 amide bonds. The molecule has 11 heteroatoms. The van der Waals surface area contributed by atoms with Crippen molar-refractivity contribution in [3.8, 4) is 11.3 Å². The highest BCUT2D eigenvalue weighted by Crippen LogP contribution is 2.31. The zero-order chi connectivity index (χ0) is 25.1. The number of pyridine rings is 1. The van der Waals surface area contributed by atoms with Crippen molar-refractivity contribution in [3.63, 3.8) is 0 Å². The molecule has 1 saturated heterocycles. The van der Waals surface area contributed by atoms with Gasteiger partial charge < -0.3 is 20.3 Å². The van der Waals surface area contributed by atoms with E-state index in [9.17, 15) is 9.59 Å². The van der Waals surface area contributed by atoms with Crippen LogP contribution in [0.1, 0.15) is 42.4 Å². The third kappa shape index (κ3) is 4.04. The lowest BCUT2D eigenvalue weighted by Crippen LogP contribution is -2.49. The van der Waals surface area contributed by atoms with Crippen molar-refractivity contribution in [1.29, 1.82) is 0 Å². The second-order valence-electron chi connectivity index (χ2n) is 10.1. The quantitative estimate of drug-likeness (QED) is 0.598. The van der Waals surface area contributed by atoms with Crippen LogP contribution in [0.2, 0.25) is 0 Å². The van der Waals surface area contributed by atoms with Gasteiger partial charge in [-0.05, 0) is 45.4 Å². The monoisotopic (exact) mass is 481 g/mol. The van der Waals surface area contributed by atoms with Gasteiger partial charge in [0.1, 0.15) is 23.6 Å². The van der Waals surface area contributed by atoms with Gasteiger partial charge in [0.2, 0.25) is 0 Å². The minimum atomic E-state index is -1.36. The van der Waals surface area contributed by atoms with Gasteiger partial charge in [-0.15, -0.1) is 0 Å². The summed E-state index contributed by atoms with van der Waals surface area (Å²) in [6.45, 7) is 7.51. The number of likely N-dealkylation sites (tertiary alicyclic amines) is 1. The molecule has 1 fully saturated rings. The summed E-state index contributed by atoms with van der Waals surface area (Å²) in [6.07, 6.45) is 1.65. The Balaban J connectivity index is 1.43. The Morgan fingerprint density at radius 1 is 1.23 bits per heavy atom. The Hall–Kier alpha value is -3.76. The second-order valence-corrected chi connectivity index (χ2v) is 10.1. The van der Waals surface area contributed by atoms with Crippen molar-refractivity contribution >= 4 is 23.3 Å². The van der Waals surface area contributed by atoms with Crippen molar-refractivity contribution in [2.24, 2.45) is 0 Å². The minimum Gasteiger partial charge on any atom is -0.444 e. The van der Waals surface area contributed by atoms with Crippen molar-refractivity contribution in [2.75, 3.05) is 25.4 Å². The maximum Gasteiger partial charge on any atom is 0.410 e. The summed E-state index contributed by atoms with van der Waals surface area (Å²) in [4.78, 5) is 37.4. The maximum absolute atomic E-state index is 15.0. The van der Waals surface area contributed by atoms with Crippen LogP contribution in [0.25, 0.3) is 16.8 Å². The van der Waals surface area contributed by atoms with E-state index in [2.05, 4.69) is 15.1 Å². The number of aryl methyl sites for hydroxylation is 1. The van der Waals surface area contributed by atoms with Crippen LogP contribution in [0.4, 0.5) is 15.0 Å². The summed E-state index contributed by atoms with van der Waals surface area (Å²) in [5.74, 6) is 0.0627. The molecule has 2 atom stereocenters. The minimum absolute atomic E-state index is 0.0863. The van der Waals surface area contributed by atoms with E-state index in [0.29, 0.717) is 41.1 Å². The van der Waals surface area contributed by atoms with Crippen LogP contribution >= 0.6 is 0 Å². The molecule has 2 aliphatic rings. The smallest absolute Gasteiger partial charge is 0.410 e. The van der Waals surface area contributed by atoms with Crippen LogP contribution in [-0.2, 0) is 11.2 Å². The normalized spacial score (nSPS) is 20.4. The van der Waals surface area contributed by atoms with Crippen LogP contribution in [0, 0.1) is 6.92 Å². The molecule has 0 saturated carbocycles. The van der Waals surface area contributed by atoms with E-state index in [1.807, 2.05) is 13.0 Å². The van der Waals surface area contributed by atoms with Crippen LogP contribution in [-0.4, -0.2) is 78.8 Å². The number of ether oxygens (including phenoxy) is 1. The molecule has 5 rings (SSSR count). The number of nitrogens with zero attached hydrogens (tertiary/aromatic N) is 6. The first-order valence-corrected chi connectivity index (χ1v) is 11.5. The lowest BCUT2D eigenvalue weighted by molar-refractivity contribution is 0.0272. The molecule has 3 aromatic rings. The number of aromatic nitrogens is 4. The fourth-order valence-corrected chi connectivity index (χ4v) is 4.79. The van der Waals surface area contributed by atoms with Gasteiger partial charge in [0.15, 0.2) is 5.82 Å². The molecule has 5 heterocycles. The maximum atomic E-state index is 15.0. The van der Waals surface area contributed by atoms with E-state index in [1.54, 1.807) is 37.5 Å². The highest BCUT2D eigenvalue weighted by molar-refractivity contribution is 5.98. The molecule has 35 heavy (non-hydrogen) atoms. The molecule has 0 radical (unpaired) electrons. The molecule has 2 aliphatic heterocycles. The molecule has 0 spiro atoms. The number of nitrogen functional groups attached to an aromatic ring is 1. The molecule has 2 N–H and O–H groups in total. The topological polar surface area (TPSA) is 119 Å². The third-order valence-electron chi connectivity index (χ3n) is 6.39. The SMILES string of the molecule is Cc1cc(-c2cnc3c(c2)C(=O)N(C2CN(C(=O)OC(C)(C)C)CC2F)CC3)n2ncnc(N)c12. The van der Waals surface area contributed by atoms with Gasteiger partial charge in [-0.2, -0.15) is 5.10 Å². The van der Waals surface area contributed by atoms with Gasteiger partial charge >= 0.3 is 6.09 Å². The van der Waals surface area contributed by atoms with Gasteiger partial charge in [0.25, 0.3) is 5.91 Å². The summed E-state index contributed by atoms with van der Waals surface area (Å²) in [5, 5.41) is 4.31. The summed E-state index contributed by atoms with van der Waals surface area (Å²) in [7, 11) is 0. The molecule has 2 unspecified atom stereocenters. The first kappa shape index (κ1) is 23.0. The Labute approximate surface area is 201 Å². The predicted octanol–water partition coefficient (Wildman–Crippen LogP) is 2.64. The molecular weight excluding hydrogens is 453 g/mol. The molecule has 10 nitrogen and oxygen atoms in total. The fraction of sp³-hybridized carbons (Fsp3) is 0.458. The van der Waals surface area contributed by atoms with Crippen LogP contribution < -0.4 is 5.73 Å². The summed E-state index contributed by atoms with van der Waals surface area (Å²) < 4.78 is 22.1. The fourth-order valence-electron chi connectivity index (χ4n) is 4.79. The highest BCUT2D eigenvalue weighted by atomic mass is 19.1. The second kappa shape index (κ2) is 8.17. The molecule has 184 valence electrons. The molecular formula is C24H28FN7O3. The zero-order valence-corrected chi connectivity index (χ0v) is 20.2. The number of carbonyl (C=O) groups excluding carboxylic acids is 2. The number of fused-ring (bicyclic) bond motifs is 2. The van der Waals surface area contributed by atoms with E-state index in [0.717, 1.165) is 11.3 Å². The van der Waals surface area contributed by atoms with Crippen LogP contribution in [0.15, 0.2) is 24.7 Å². The van der Waals surface area contributed by atoms with E-state index >= 15 is 4.39 Å². The molecule has 0 bridgehead atoms. The molecule has 0 aliphatic carbocycles. The molecule has 0 aromatic carbocycles. The summed E-state index contributed by atoms with van der Waals surface area (Å²) >= 11 is 0.